The third-order valence-corrected chi connectivity index (χ3v) is 8.29. The van der Waals surface area contributed by atoms with Crippen molar-refractivity contribution in [2.75, 3.05) is 39.5 Å². The van der Waals surface area contributed by atoms with Crippen LogP contribution in [0.3, 0.4) is 0 Å². The van der Waals surface area contributed by atoms with Gasteiger partial charge < -0.3 is 9.88 Å². The summed E-state index contributed by atoms with van der Waals surface area (Å²) in [6.07, 6.45) is -0.693. The molecule has 0 unspecified atom stereocenters. The number of aromatic nitrogens is 1. The second-order valence-corrected chi connectivity index (χ2v) is 10.7. The first-order chi connectivity index (χ1) is 17.8. The molecule has 2 aliphatic heterocycles. The molecule has 5 rings (SSSR count). The van der Waals surface area contributed by atoms with Gasteiger partial charge in [-0.3, -0.25) is 9.29 Å². The molecule has 4 atom stereocenters. The summed E-state index contributed by atoms with van der Waals surface area (Å²) in [6.45, 7) is 4.34. The minimum atomic E-state index is -1.75. The van der Waals surface area contributed by atoms with Crippen LogP contribution in [0.25, 0.3) is 10.9 Å². The van der Waals surface area contributed by atoms with E-state index in [1.807, 2.05) is 38.1 Å². The fourth-order valence-corrected chi connectivity index (χ4v) is 6.17. The average molecular weight is 520 g/mol. The standard InChI is InChI=1S/C29H34F5N3/c1-17-10-23-22-6-3-4-7-26(22)35-28(23)29(37(17)16-21(32)13-31)27-24(33)11-19(12-25(27)34)18(2)20-14-36(15-20)9-5-8-30/h3-4,6-7,11-12,17-18,20-21,29,35H,5,8-10,13-16H2,1-2H3/t17-,18+,21-,29-/m1/s1. The predicted molar refractivity (Wildman–Crippen MR) is 136 cm³/mol. The summed E-state index contributed by atoms with van der Waals surface area (Å²) in [5.41, 5.74) is 2.88. The molecule has 3 heterocycles. The third-order valence-electron chi connectivity index (χ3n) is 8.29. The molecule has 2 aliphatic rings. The quantitative estimate of drug-likeness (QED) is 0.327. The molecule has 0 spiro atoms. The van der Waals surface area contributed by atoms with Gasteiger partial charge in [0.15, 0.2) is 0 Å². The van der Waals surface area contributed by atoms with Gasteiger partial charge in [0.25, 0.3) is 0 Å². The van der Waals surface area contributed by atoms with Gasteiger partial charge in [0.1, 0.15) is 24.5 Å². The van der Waals surface area contributed by atoms with Crippen molar-refractivity contribution in [1.82, 2.24) is 14.8 Å². The molecule has 8 heteroatoms. The first-order valence-corrected chi connectivity index (χ1v) is 13.1. The molecule has 3 aromatic rings. The van der Waals surface area contributed by atoms with E-state index in [-0.39, 0.29) is 36.7 Å². The number of halogens is 5. The Morgan fingerprint density at radius 1 is 1.08 bits per heavy atom. The smallest absolute Gasteiger partial charge is 0.141 e. The van der Waals surface area contributed by atoms with Crippen LogP contribution in [0, 0.1) is 17.6 Å². The number of likely N-dealkylation sites (tertiary alicyclic amines) is 1. The molecule has 0 radical (unpaired) electrons. The maximum absolute atomic E-state index is 15.9. The number of benzene rings is 2. The summed E-state index contributed by atoms with van der Waals surface area (Å²) >= 11 is 0. The van der Waals surface area contributed by atoms with E-state index in [2.05, 4.69) is 9.88 Å². The number of para-hydroxylation sites is 1. The lowest BCUT2D eigenvalue weighted by Gasteiger charge is -2.43. The van der Waals surface area contributed by atoms with Gasteiger partial charge in [-0.1, -0.05) is 25.1 Å². The van der Waals surface area contributed by atoms with E-state index in [1.54, 1.807) is 4.90 Å². The van der Waals surface area contributed by atoms with E-state index in [0.717, 1.165) is 29.6 Å². The molecule has 1 aromatic heterocycles. The van der Waals surface area contributed by atoms with Crippen LogP contribution in [0.2, 0.25) is 0 Å². The first kappa shape index (κ1) is 26.2. The maximum atomic E-state index is 15.9. The SMILES string of the molecule is C[C@@H]1Cc2c([nH]c3ccccc23)[C@@H](c2c(F)cc([C@H](C)C3CN(CCCF)C3)cc2F)N1C[C@H](F)CF. The van der Waals surface area contributed by atoms with Crippen molar-refractivity contribution in [1.29, 1.82) is 0 Å². The van der Waals surface area contributed by atoms with Crippen molar-refractivity contribution in [3.05, 3.63) is 70.4 Å². The van der Waals surface area contributed by atoms with Gasteiger partial charge in [-0.2, -0.15) is 0 Å². The lowest BCUT2D eigenvalue weighted by atomic mass is 9.81. The molecule has 37 heavy (non-hydrogen) atoms. The number of H-pyrrole nitrogens is 1. The number of nitrogens with zero attached hydrogens (tertiary/aromatic N) is 2. The van der Waals surface area contributed by atoms with Gasteiger partial charge in [-0.05, 0) is 60.9 Å². The zero-order chi connectivity index (χ0) is 26.3. The molecule has 1 saturated heterocycles. The van der Waals surface area contributed by atoms with Crippen molar-refractivity contribution in [2.24, 2.45) is 5.92 Å². The Balaban J connectivity index is 1.51. The molecule has 0 aliphatic carbocycles. The van der Waals surface area contributed by atoms with Crippen LogP contribution in [-0.4, -0.2) is 66.5 Å². The molecular weight excluding hydrogens is 485 g/mol. The van der Waals surface area contributed by atoms with Crippen LogP contribution < -0.4 is 0 Å². The average Bonchev–Trinajstić information content (AvgIpc) is 3.22. The summed E-state index contributed by atoms with van der Waals surface area (Å²) in [5, 5.41) is 0.977. The number of nitrogens with one attached hydrogen (secondary N) is 1. The number of fused-ring (bicyclic) bond motifs is 3. The highest BCUT2D eigenvalue weighted by Gasteiger charge is 2.40. The minimum absolute atomic E-state index is 0.0635. The first-order valence-electron chi connectivity index (χ1n) is 13.1. The van der Waals surface area contributed by atoms with E-state index < -0.39 is 30.5 Å². The Hall–Kier alpha value is -2.45. The van der Waals surface area contributed by atoms with Crippen LogP contribution in [0.5, 0.6) is 0 Å². The Morgan fingerprint density at radius 2 is 1.78 bits per heavy atom. The van der Waals surface area contributed by atoms with Crippen LogP contribution in [0.4, 0.5) is 22.0 Å². The summed E-state index contributed by atoms with van der Waals surface area (Å²) < 4.78 is 71.7. The Kier molecular flexibility index (Phi) is 7.59. The molecule has 0 saturated carbocycles. The molecule has 200 valence electrons. The molecule has 1 fully saturated rings. The van der Waals surface area contributed by atoms with E-state index in [1.165, 1.54) is 12.1 Å². The van der Waals surface area contributed by atoms with E-state index in [0.29, 0.717) is 30.6 Å². The molecule has 2 aromatic carbocycles. The molecule has 0 amide bonds. The molecular formula is C29H34F5N3. The van der Waals surface area contributed by atoms with E-state index in [9.17, 15) is 13.2 Å². The Morgan fingerprint density at radius 3 is 2.46 bits per heavy atom. The summed E-state index contributed by atoms with van der Waals surface area (Å²) in [5.74, 6) is -1.18. The van der Waals surface area contributed by atoms with Crippen LogP contribution in [-0.2, 0) is 6.42 Å². The van der Waals surface area contributed by atoms with Gasteiger partial charge >= 0.3 is 0 Å². The molecule has 1 N–H and O–H groups in total. The number of hydrogen-bond donors (Lipinski definition) is 1. The highest BCUT2D eigenvalue weighted by Crippen LogP contribution is 2.43. The third kappa shape index (κ3) is 4.90. The van der Waals surface area contributed by atoms with Crippen molar-refractivity contribution in [3.63, 3.8) is 0 Å². The summed E-state index contributed by atoms with van der Waals surface area (Å²) in [4.78, 5) is 7.17. The monoisotopic (exact) mass is 519 g/mol. The predicted octanol–water partition coefficient (Wildman–Crippen LogP) is 6.48. The van der Waals surface area contributed by atoms with Gasteiger partial charge in [-0.15, -0.1) is 0 Å². The van der Waals surface area contributed by atoms with Crippen molar-refractivity contribution < 1.29 is 22.0 Å². The highest BCUT2D eigenvalue weighted by atomic mass is 19.2. The molecule has 3 nitrogen and oxygen atoms in total. The van der Waals surface area contributed by atoms with E-state index >= 15 is 8.78 Å². The number of hydrogen-bond acceptors (Lipinski definition) is 2. The Labute approximate surface area is 214 Å². The normalized spacial score (nSPS) is 22.7. The maximum Gasteiger partial charge on any atom is 0.141 e. The van der Waals surface area contributed by atoms with Crippen molar-refractivity contribution in [3.8, 4) is 0 Å². The van der Waals surface area contributed by atoms with Crippen LogP contribution >= 0.6 is 0 Å². The lowest BCUT2D eigenvalue weighted by Crippen LogP contribution is -2.49. The zero-order valence-electron chi connectivity index (χ0n) is 21.3. The largest absolute Gasteiger partial charge is 0.357 e. The highest BCUT2D eigenvalue weighted by molar-refractivity contribution is 5.85. The van der Waals surface area contributed by atoms with Gasteiger partial charge in [0, 0.05) is 54.4 Å². The zero-order valence-corrected chi connectivity index (χ0v) is 21.3. The van der Waals surface area contributed by atoms with Gasteiger partial charge in [-0.25, -0.2) is 17.6 Å². The summed E-state index contributed by atoms with van der Waals surface area (Å²) in [6, 6.07) is 9.33. The minimum Gasteiger partial charge on any atom is -0.357 e. The fourth-order valence-electron chi connectivity index (χ4n) is 6.17. The number of aromatic amines is 1. The summed E-state index contributed by atoms with van der Waals surface area (Å²) in [7, 11) is 0. The second kappa shape index (κ2) is 10.7. The van der Waals surface area contributed by atoms with Crippen LogP contribution in [0.1, 0.15) is 54.6 Å². The van der Waals surface area contributed by atoms with Crippen molar-refractivity contribution >= 4 is 10.9 Å². The fraction of sp³-hybridized carbons (Fsp3) is 0.517. The van der Waals surface area contributed by atoms with Crippen LogP contribution in [0.15, 0.2) is 36.4 Å². The van der Waals surface area contributed by atoms with Crippen molar-refractivity contribution in [2.45, 2.75) is 50.9 Å². The number of rotatable bonds is 9. The van der Waals surface area contributed by atoms with Gasteiger partial charge in [0.2, 0.25) is 0 Å². The topological polar surface area (TPSA) is 22.3 Å². The van der Waals surface area contributed by atoms with E-state index in [4.69, 9.17) is 0 Å². The second-order valence-electron chi connectivity index (χ2n) is 10.7. The Bertz CT molecular complexity index is 1210. The van der Waals surface area contributed by atoms with Gasteiger partial charge in [0.05, 0.1) is 12.7 Å². The number of alkyl halides is 3. The molecule has 0 bridgehead atoms. The lowest BCUT2D eigenvalue weighted by molar-refractivity contribution is 0.0809.